The molecule has 10 nitrogen and oxygen atoms in total. The number of rotatable bonds is 4. The van der Waals surface area contributed by atoms with Crippen LogP contribution in [0.3, 0.4) is 0 Å². The second-order valence-electron chi connectivity index (χ2n) is 7.56. The molecule has 6 atom stereocenters. The lowest BCUT2D eigenvalue weighted by Gasteiger charge is -2.27. The zero-order valence-electron chi connectivity index (χ0n) is 15.6. The largest absolute Gasteiger partial charge is 0.390 e. The van der Waals surface area contributed by atoms with Gasteiger partial charge in [-0.2, -0.15) is 0 Å². The van der Waals surface area contributed by atoms with Crippen molar-refractivity contribution in [3.05, 3.63) is 12.7 Å². The van der Waals surface area contributed by atoms with Crippen LogP contribution in [0.5, 0.6) is 0 Å². The molecule has 1 aliphatic carbocycles. The van der Waals surface area contributed by atoms with Crippen molar-refractivity contribution in [3.8, 4) is 0 Å². The Bertz CT molecular complexity index is 802. The van der Waals surface area contributed by atoms with Gasteiger partial charge in [-0.25, -0.2) is 15.0 Å². The maximum Gasteiger partial charge on any atom is 0.167 e. The van der Waals surface area contributed by atoms with Gasteiger partial charge in [-0.1, -0.05) is 25.7 Å². The Morgan fingerprint density at radius 1 is 1.07 bits per heavy atom. The van der Waals surface area contributed by atoms with Crippen LogP contribution in [-0.2, 0) is 9.47 Å². The average Bonchev–Trinajstić information content (AvgIpc) is 3.22. The van der Waals surface area contributed by atoms with E-state index in [-0.39, 0.29) is 18.5 Å². The van der Waals surface area contributed by atoms with Crippen LogP contribution in [0.1, 0.15) is 44.8 Å². The highest BCUT2D eigenvalue weighted by Gasteiger charge is 2.44. The third-order valence-corrected chi connectivity index (χ3v) is 5.64. The second kappa shape index (κ2) is 8.26. The summed E-state index contributed by atoms with van der Waals surface area (Å²) in [4.78, 5) is 12.2. The molecule has 10 heteroatoms. The van der Waals surface area contributed by atoms with Gasteiger partial charge in [-0.3, -0.25) is 4.57 Å². The van der Waals surface area contributed by atoms with Crippen LogP contribution in [-0.4, -0.2) is 72.0 Å². The maximum absolute atomic E-state index is 10.5. The average molecular weight is 393 g/mol. The predicted molar refractivity (Wildman–Crippen MR) is 99.1 cm³/mol. The lowest BCUT2D eigenvalue weighted by Crippen LogP contribution is -2.37. The van der Waals surface area contributed by atoms with Crippen molar-refractivity contribution in [1.29, 1.82) is 0 Å². The number of fused-ring (bicyclic) bond motifs is 1. The Kier molecular flexibility index (Phi) is 5.74. The summed E-state index contributed by atoms with van der Waals surface area (Å²) in [6.07, 6.45) is 3.81. The topological polar surface area (TPSA) is 149 Å². The van der Waals surface area contributed by atoms with E-state index in [0.717, 1.165) is 32.1 Å². The Hall–Kier alpha value is -1.85. The minimum atomic E-state index is -1.18. The van der Waals surface area contributed by atoms with E-state index in [1.54, 1.807) is 0 Å². The van der Waals surface area contributed by atoms with Gasteiger partial charge >= 0.3 is 0 Å². The van der Waals surface area contributed by atoms with Crippen LogP contribution in [0.25, 0.3) is 11.2 Å². The third-order valence-electron chi connectivity index (χ3n) is 5.64. The van der Waals surface area contributed by atoms with E-state index < -0.39 is 30.6 Å². The van der Waals surface area contributed by atoms with Crippen molar-refractivity contribution >= 4 is 17.0 Å². The van der Waals surface area contributed by atoms with E-state index in [2.05, 4.69) is 15.0 Å². The molecule has 1 saturated carbocycles. The molecule has 2 fully saturated rings. The number of nitrogens with two attached hydrogens (primary N) is 1. The molecular formula is C18H27N5O5. The summed E-state index contributed by atoms with van der Waals surface area (Å²) in [6.45, 7) is 0.0835. The summed E-state index contributed by atoms with van der Waals surface area (Å²) in [5.41, 5.74) is 6.63. The highest BCUT2D eigenvalue weighted by Crippen LogP contribution is 2.32. The molecule has 28 heavy (non-hydrogen) atoms. The van der Waals surface area contributed by atoms with Gasteiger partial charge in [-0.15, -0.1) is 0 Å². The molecule has 2 aromatic rings. The lowest BCUT2D eigenvalue weighted by atomic mass is 9.96. The van der Waals surface area contributed by atoms with Crippen LogP contribution in [0.15, 0.2) is 12.7 Å². The summed E-state index contributed by atoms with van der Waals surface area (Å²) in [5, 5.41) is 31.2. The molecule has 0 radical (unpaired) electrons. The first kappa shape index (κ1) is 19.5. The minimum absolute atomic E-state index is 0.0835. The van der Waals surface area contributed by atoms with Gasteiger partial charge in [0.05, 0.1) is 25.1 Å². The number of hydrogen-bond acceptors (Lipinski definition) is 9. The first-order valence-electron chi connectivity index (χ1n) is 9.80. The molecule has 0 amide bonds. The first-order valence-corrected chi connectivity index (χ1v) is 9.80. The number of anilines is 1. The van der Waals surface area contributed by atoms with Crippen molar-refractivity contribution in [1.82, 2.24) is 19.5 Å². The smallest absolute Gasteiger partial charge is 0.167 e. The van der Waals surface area contributed by atoms with Crippen molar-refractivity contribution in [2.24, 2.45) is 0 Å². The van der Waals surface area contributed by atoms with Crippen LogP contribution < -0.4 is 5.73 Å². The maximum atomic E-state index is 10.5. The Morgan fingerprint density at radius 2 is 1.86 bits per heavy atom. The molecule has 0 spiro atoms. The fourth-order valence-corrected chi connectivity index (χ4v) is 4.00. The van der Waals surface area contributed by atoms with Gasteiger partial charge in [0.25, 0.3) is 0 Å². The number of nitrogens with zero attached hydrogens (tertiary/aromatic N) is 4. The molecule has 3 heterocycles. The van der Waals surface area contributed by atoms with Crippen LogP contribution in [0.4, 0.5) is 5.82 Å². The summed E-state index contributed by atoms with van der Waals surface area (Å²) >= 11 is 0. The lowest BCUT2D eigenvalue weighted by molar-refractivity contribution is -0.109. The fraction of sp³-hybridized carbons (Fsp3) is 0.722. The summed E-state index contributed by atoms with van der Waals surface area (Å²) < 4.78 is 13.3. The van der Waals surface area contributed by atoms with Gasteiger partial charge < -0.3 is 30.5 Å². The van der Waals surface area contributed by atoms with E-state index in [0.29, 0.717) is 17.6 Å². The molecular weight excluding hydrogens is 366 g/mol. The molecule has 2 aliphatic rings. The molecule has 5 N–H and O–H groups in total. The number of nitrogen functional groups attached to an aromatic ring is 1. The van der Waals surface area contributed by atoms with Crippen LogP contribution in [0.2, 0.25) is 0 Å². The van der Waals surface area contributed by atoms with E-state index in [1.165, 1.54) is 17.2 Å². The number of aliphatic hydroxyl groups is 3. The zero-order chi connectivity index (χ0) is 19.7. The summed E-state index contributed by atoms with van der Waals surface area (Å²) in [6, 6.07) is 0. The highest BCUT2D eigenvalue weighted by atomic mass is 16.6. The first-order chi connectivity index (χ1) is 13.6. The second-order valence-corrected chi connectivity index (χ2v) is 7.56. The van der Waals surface area contributed by atoms with Crippen molar-refractivity contribution < 1.29 is 24.8 Å². The zero-order valence-corrected chi connectivity index (χ0v) is 15.6. The number of hydrogen-bond donors (Lipinski definition) is 4. The quantitative estimate of drug-likeness (QED) is 0.568. The molecule has 1 saturated heterocycles. The van der Waals surface area contributed by atoms with Crippen LogP contribution >= 0.6 is 0 Å². The molecule has 1 aliphatic heterocycles. The molecule has 154 valence electrons. The normalized spacial score (nSPS) is 34.4. The van der Waals surface area contributed by atoms with Crippen molar-refractivity contribution in [3.63, 3.8) is 0 Å². The summed E-state index contributed by atoms with van der Waals surface area (Å²) in [7, 11) is 0. The SMILES string of the molecule is Nc1ncnc2c1ncn2[C@@H]1O[C@H](CO[C@@H]2CCCCCC[C@H]2O)[C@@H](O)[C@H]1O. The van der Waals surface area contributed by atoms with Crippen molar-refractivity contribution in [2.45, 2.75) is 75.3 Å². The molecule has 4 rings (SSSR count). The van der Waals surface area contributed by atoms with Gasteiger partial charge in [0, 0.05) is 0 Å². The van der Waals surface area contributed by atoms with E-state index in [1.807, 2.05) is 0 Å². The van der Waals surface area contributed by atoms with Crippen molar-refractivity contribution in [2.75, 3.05) is 12.3 Å². The predicted octanol–water partition coefficient (Wildman–Crippen LogP) is 0.128. The molecule has 2 aromatic heterocycles. The highest BCUT2D eigenvalue weighted by molar-refractivity contribution is 5.81. The van der Waals surface area contributed by atoms with E-state index in [4.69, 9.17) is 15.2 Å². The van der Waals surface area contributed by atoms with Gasteiger partial charge in [0.15, 0.2) is 17.7 Å². The number of aliphatic hydroxyl groups excluding tert-OH is 3. The molecule has 0 unspecified atom stereocenters. The van der Waals surface area contributed by atoms with Gasteiger partial charge in [0.2, 0.25) is 0 Å². The minimum Gasteiger partial charge on any atom is -0.390 e. The number of aromatic nitrogens is 4. The standard InChI is InChI=1S/C18H27N5O5/c19-16-13-17(21-8-20-16)23(9-22-13)18-15(26)14(25)12(28-18)7-27-11-6-4-2-1-3-5-10(11)24/h8-12,14-15,18,24-26H,1-7H2,(H2,19,20,21)/t10-,11-,12-,14-,15-,18-/m1/s1. The number of ether oxygens (including phenoxy) is 2. The third kappa shape index (κ3) is 3.70. The summed E-state index contributed by atoms with van der Waals surface area (Å²) in [5.74, 6) is 0.231. The van der Waals surface area contributed by atoms with E-state index >= 15 is 0 Å². The van der Waals surface area contributed by atoms with Crippen LogP contribution in [0, 0.1) is 0 Å². The molecule has 0 aromatic carbocycles. The Balaban J connectivity index is 1.44. The molecule has 0 bridgehead atoms. The van der Waals surface area contributed by atoms with Gasteiger partial charge in [-0.05, 0) is 12.8 Å². The number of imidazole rings is 1. The fourth-order valence-electron chi connectivity index (χ4n) is 4.00. The Morgan fingerprint density at radius 3 is 2.68 bits per heavy atom. The Labute approximate surface area is 162 Å². The van der Waals surface area contributed by atoms with Gasteiger partial charge in [0.1, 0.15) is 30.2 Å². The monoisotopic (exact) mass is 393 g/mol. The van der Waals surface area contributed by atoms with E-state index in [9.17, 15) is 15.3 Å².